The van der Waals surface area contributed by atoms with Crippen molar-refractivity contribution in [2.24, 2.45) is 11.7 Å². The van der Waals surface area contributed by atoms with E-state index < -0.39 is 0 Å². The van der Waals surface area contributed by atoms with Crippen LogP contribution in [-0.4, -0.2) is 11.8 Å². The van der Waals surface area contributed by atoms with Crippen LogP contribution < -0.4 is 5.73 Å². The molecule has 1 aliphatic carbocycles. The first-order valence-corrected chi connectivity index (χ1v) is 7.48. The number of hydrogen-bond acceptors (Lipinski definition) is 3. The molecule has 1 fully saturated rings. The highest BCUT2D eigenvalue weighted by Crippen LogP contribution is 2.32. The maximum atomic E-state index is 7.85. The van der Waals surface area contributed by atoms with Crippen LogP contribution in [0.5, 0.6) is 0 Å². The SMILES string of the molecule is CC(=N)C1CCCC(OI)CC/C1=C(/N)I. The molecule has 1 saturated carbocycles. The van der Waals surface area contributed by atoms with Crippen molar-refractivity contribution in [3.63, 3.8) is 0 Å². The third-order valence-corrected chi connectivity index (χ3v) is 4.54. The van der Waals surface area contributed by atoms with Gasteiger partial charge in [-0.1, -0.05) is 0 Å². The van der Waals surface area contributed by atoms with Gasteiger partial charge in [0.05, 0.1) is 9.81 Å². The van der Waals surface area contributed by atoms with Gasteiger partial charge in [0.25, 0.3) is 0 Å². The normalized spacial score (nSPS) is 30.4. The fraction of sp³-hybridized carbons (Fsp3) is 0.727. The van der Waals surface area contributed by atoms with Crippen molar-refractivity contribution >= 4 is 51.3 Å². The minimum absolute atomic E-state index is 0.257. The van der Waals surface area contributed by atoms with E-state index in [1.54, 1.807) is 0 Å². The minimum Gasteiger partial charge on any atom is -0.394 e. The van der Waals surface area contributed by atoms with Crippen LogP contribution in [0.2, 0.25) is 0 Å². The highest BCUT2D eigenvalue weighted by molar-refractivity contribution is 14.1. The lowest BCUT2D eigenvalue weighted by Crippen LogP contribution is -2.21. The van der Waals surface area contributed by atoms with Crippen LogP contribution >= 0.6 is 45.6 Å². The maximum absolute atomic E-state index is 7.85. The van der Waals surface area contributed by atoms with Crippen LogP contribution in [0.15, 0.2) is 9.28 Å². The second-order valence-electron chi connectivity index (χ2n) is 4.29. The molecule has 16 heavy (non-hydrogen) atoms. The number of nitrogens with two attached hydrogens (primary N) is 1. The summed E-state index contributed by atoms with van der Waals surface area (Å²) in [5, 5.41) is 7.85. The van der Waals surface area contributed by atoms with Crippen molar-refractivity contribution in [3.05, 3.63) is 9.28 Å². The van der Waals surface area contributed by atoms with Crippen molar-refractivity contribution in [2.45, 2.75) is 45.1 Å². The molecule has 2 unspecified atom stereocenters. The van der Waals surface area contributed by atoms with E-state index in [0.717, 1.165) is 41.5 Å². The van der Waals surface area contributed by atoms with Crippen molar-refractivity contribution < 1.29 is 3.07 Å². The molecule has 0 bridgehead atoms. The molecule has 0 saturated heterocycles. The molecule has 0 amide bonds. The molecule has 3 N–H and O–H groups in total. The van der Waals surface area contributed by atoms with Crippen molar-refractivity contribution in [1.29, 1.82) is 5.41 Å². The molecule has 0 radical (unpaired) electrons. The first kappa shape index (κ1) is 14.7. The smallest absolute Gasteiger partial charge is 0.110 e. The van der Waals surface area contributed by atoms with Gasteiger partial charge >= 0.3 is 0 Å². The topological polar surface area (TPSA) is 59.1 Å². The number of halogens is 2. The van der Waals surface area contributed by atoms with Crippen molar-refractivity contribution in [3.8, 4) is 0 Å². The zero-order valence-corrected chi connectivity index (χ0v) is 13.7. The number of nitrogens with one attached hydrogen (secondary N) is 1. The van der Waals surface area contributed by atoms with Crippen LogP contribution in [0.3, 0.4) is 0 Å². The Morgan fingerprint density at radius 3 is 2.62 bits per heavy atom. The summed E-state index contributed by atoms with van der Waals surface area (Å²) in [6.07, 6.45) is 5.57. The third kappa shape index (κ3) is 4.14. The summed E-state index contributed by atoms with van der Waals surface area (Å²) < 4.78 is 6.27. The molecule has 0 aromatic carbocycles. The Balaban J connectivity index is 2.81. The van der Waals surface area contributed by atoms with Gasteiger partial charge < -0.3 is 14.2 Å². The molecule has 0 spiro atoms. The Morgan fingerprint density at radius 2 is 2.12 bits per heavy atom. The standard InChI is InChI=1S/C11H18I2N2O/c1-7(14)9-4-2-3-8(16-13)5-6-10(9)11(12)15/h8-9,14H,2-6,15H2,1H3/b11-10-,14-7?. The molecule has 2 atom stereocenters. The quantitative estimate of drug-likeness (QED) is 0.382. The van der Waals surface area contributed by atoms with Gasteiger partial charge in [-0.05, 0) is 67.2 Å². The van der Waals surface area contributed by atoms with Crippen LogP contribution in [0, 0.1) is 11.3 Å². The third-order valence-electron chi connectivity index (χ3n) is 3.13. The molecular formula is C11H18I2N2O. The first-order valence-electron chi connectivity index (χ1n) is 5.52. The molecule has 0 aliphatic heterocycles. The fourth-order valence-corrected chi connectivity index (χ4v) is 3.37. The van der Waals surface area contributed by atoms with Gasteiger partial charge in [-0.25, -0.2) is 0 Å². The van der Waals surface area contributed by atoms with E-state index >= 15 is 0 Å². The van der Waals surface area contributed by atoms with Crippen LogP contribution in [0.1, 0.15) is 39.0 Å². The van der Waals surface area contributed by atoms with Gasteiger partial charge in [-0.3, -0.25) is 0 Å². The zero-order chi connectivity index (χ0) is 12.1. The monoisotopic (exact) mass is 448 g/mol. The highest BCUT2D eigenvalue weighted by Gasteiger charge is 2.23. The van der Waals surface area contributed by atoms with E-state index in [-0.39, 0.29) is 5.92 Å². The van der Waals surface area contributed by atoms with E-state index in [9.17, 15) is 0 Å². The lowest BCUT2D eigenvalue weighted by molar-refractivity contribution is 0.236. The van der Waals surface area contributed by atoms with Crippen LogP contribution in [0.25, 0.3) is 0 Å². The number of allylic oxidation sites excluding steroid dienone is 1. The van der Waals surface area contributed by atoms with Gasteiger partial charge in [0.1, 0.15) is 23.0 Å². The number of rotatable bonds is 2. The second-order valence-corrected chi connectivity index (χ2v) is 5.96. The summed E-state index contributed by atoms with van der Waals surface area (Å²) in [4.78, 5) is 0. The Hall–Kier alpha value is 0.630. The molecule has 92 valence electrons. The largest absolute Gasteiger partial charge is 0.394 e. The Labute approximate surface area is 125 Å². The highest BCUT2D eigenvalue weighted by atomic mass is 127. The van der Waals surface area contributed by atoms with Gasteiger partial charge in [-0.15, -0.1) is 0 Å². The summed E-state index contributed by atoms with van der Waals surface area (Å²) in [5.41, 5.74) is 7.91. The Bertz CT molecular complexity index is 288. The fourth-order valence-electron chi connectivity index (χ4n) is 2.21. The van der Waals surface area contributed by atoms with E-state index in [1.807, 2.05) is 29.9 Å². The molecule has 1 aliphatic rings. The Morgan fingerprint density at radius 1 is 1.44 bits per heavy atom. The second kappa shape index (κ2) is 7.15. The van der Waals surface area contributed by atoms with Crippen LogP contribution in [-0.2, 0) is 3.07 Å². The predicted molar refractivity (Wildman–Crippen MR) is 84.1 cm³/mol. The summed E-state index contributed by atoms with van der Waals surface area (Å²) in [6.45, 7) is 1.89. The van der Waals surface area contributed by atoms with E-state index in [4.69, 9.17) is 14.2 Å². The van der Waals surface area contributed by atoms with E-state index in [0.29, 0.717) is 6.10 Å². The maximum Gasteiger partial charge on any atom is 0.110 e. The lowest BCUT2D eigenvalue weighted by Gasteiger charge is -2.26. The molecule has 0 aromatic rings. The first-order chi connectivity index (χ1) is 7.56. The number of hydrogen-bond donors (Lipinski definition) is 2. The summed E-state index contributed by atoms with van der Waals surface area (Å²) in [7, 11) is 0. The average molecular weight is 448 g/mol. The molecule has 5 heteroatoms. The summed E-state index contributed by atoms with van der Waals surface area (Å²) in [6, 6.07) is 0. The zero-order valence-electron chi connectivity index (χ0n) is 9.43. The van der Waals surface area contributed by atoms with Gasteiger partial charge in [0, 0.05) is 11.6 Å². The lowest BCUT2D eigenvalue weighted by atomic mass is 9.83. The molecule has 0 aromatic heterocycles. The minimum atomic E-state index is 0.257. The van der Waals surface area contributed by atoms with E-state index in [2.05, 4.69) is 22.6 Å². The van der Waals surface area contributed by atoms with Crippen molar-refractivity contribution in [2.75, 3.05) is 0 Å². The van der Waals surface area contributed by atoms with Gasteiger partial charge in [-0.2, -0.15) is 0 Å². The van der Waals surface area contributed by atoms with E-state index in [1.165, 1.54) is 5.57 Å². The Kier molecular flexibility index (Phi) is 6.57. The van der Waals surface area contributed by atoms with Gasteiger partial charge in [0.15, 0.2) is 0 Å². The molecule has 1 rings (SSSR count). The molecule has 3 nitrogen and oxygen atoms in total. The average Bonchev–Trinajstić information content (AvgIpc) is 2.16. The van der Waals surface area contributed by atoms with Crippen molar-refractivity contribution in [1.82, 2.24) is 0 Å². The van der Waals surface area contributed by atoms with Gasteiger partial charge in [0.2, 0.25) is 0 Å². The summed E-state index contributed by atoms with van der Waals surface area (Å²) >= 11 is 4.17. The molecule has 0 heterocycles. The summed E-state index contributed by atoms with van der Waals surface area (Å²) in [5.74, 6) is 0.257. The van der Waals surface area contributed by atoms with Crippen LogP contribution in [0.4, 0.5) is 0 Å². The molecular weight excluding hydrogens is 430 g/mol. The predicted octanol–water partition coefficient (Wildman–Crippen LogP) is 3.95.